The smallest absolute Gasteiger partial charge is 0.260 e. The number of amides is 1. The average Bonchev–Trinajstić information content (AvgIpc) is 2.47. The van der Waals surface area contributed by atoms with Gasteiger partial charge in [0, 0.05) is 19.1 Å². The molecule has 4 nitrogen and oxygen atoms in total. The fourth-order valence-electron chi connectivity index (χ4n) is 2.08. The van der Waals surface area contributed by atoms with Crippen molar-refractivity contribution in [3.05, 3.63) is 29.6 Å². The van der Waals surface area contributed by atoms with Gasteiger partial charge in [-0.1, -0.05) is 6.92 Å². The number of nitrogens with zero attached hydrogens (tertiary/aromatic N) is 1. The molecule has 21 heavy (non-hydrogen) atoms. The molecule has 0 radical (unpaired) electrons. The molecule has 1 atom stereocenters. The first-order valence-electron chi connectivity index (χ1n) is 7.46. The maximum Gasteiger partial charge on any atom is 0.260 e. The van der Waals surface area contributed by atoms with Crippen LogP contribution >= 0.6 is 0 Å². The van der Waals surface area contributed by atoms with E-state index in [2.05, 4.69) is 0 Å². The fourth-order valence-corrected chi connectivity index (χ4v) is 2.08. The van der Waals surface area contributed by atoms with Gasteiger partial charge in [0.1, 0.15) is 11.6 Å². The summed E-state index contributed by atoms with van der Waals surface area (Å²) >= 11 is 0. The number of rotatable bonds is 8. The van der Waals surface area contributed by atoms with Crippen LogP contribution in [0.25, 0.3) is 0 Å². The topological polar surface area (TPSA) is 55.6 Å². The van der Waals surface area contributed by atoms with Gasteiger partial charge in [0.2, 0.25) is 0 Å². The third-order valence-electron chi connectivity index (χ3n) is 3.50. The third kappa shape index (κ3) is 5.34. The molecule has 0 aliphatic rings. The van der Waals surface area contributed by atoms with Crippen molar-refractivity contribution in [1.29, 1.82) is 0 Å². The standard InChI is InChI=1S/C16H25FN2O2/c1-4-14(18)10-12-9-13(17)7-8-15(12)21-11-16(20)19(5-2)6-3/h7-9,14H,4-6,10-11,18H2,1-3H3. The van der Waals surface area contributed by atoms with E-state index in [-0.39, 0.29) is 24.4 Å². The van der Waals surface area contributed by atoms with E-state index in [1.165, 1.54) is 12.1 Å². The van der Waals surface area contributed by atoms with E-state index in [1.54, 1.807) is 11.0 Å². The van der Waals surface area contributed by atoms with E-state index in [4.69, 9.17) is 10.5 Å². The highest BCUT2D eigenvalue weighted by molar-refractivity contribution is 5.77. The minimum atomic E-state index is -0.323. The van der Waals surface area contributed by atoms with Crippen molar-refractivity contribution in [2.75, 3.05) is 19.7 Å². The second-order valence-corrected chi connectivity index (χ2v) is 4.98. The van der Waals surface area contributed by atoms with Crippen molar-refractivity contribution in [3.8, 4) is 5.75 Å². The van der Waals surface area contributed by atoms with Crippen molar-refractivity contribution < 1.29 is 13.9 Å². The van der Waals surface area contributed by atoms with Gasteiger partial charge >= 0.3 is 0 Å². The normalized spacial score (nSPS) is 12.0. The number of nitrogens with two attached hydrogens (primary N) is 1. The Morgan fingerprint density at radius 1 is 1.33 bits per heavy atom. The lowest BCUT2D eigenvalue weighted by molar-refractivity contribution is -0.132. The summed E-state index contributed by atoms with van der Waals surface area (Å²) in [6.45, 7) is 7.08. The van der Waals surface area contributed by atoms with E-state index >= 15 is 0 Å². The predicted octanol–water partition coefficient (Wildman–Crippen LogP) is 2.35. The van der Waals surface area contributed by atoms with Gasteiger partial charge in [-0.25, -0.2) is 4.39 Å². The quantitative estimate of drug-likeness (QED) is 0.801. The average molecular weight is 296 g/mol. The molecule has 118 valence electrons. The maximum atomic E-state index is 13.4. The van der Waals surface area contributed by atoms with Crippen LogP contribution in [0.5, 0.6) is 5.75 Å². The summed E-state index contributed by atoms with van der Waals surface area (Å²) < 4.78 is 18.9. The van der Waals surface area contributed by atoms with Gasteiger partial charge in [-0.15, -0.1) is 0 Å². The molecule has 2 N–H and O–H groups in total. The SMILES string of the molecule is CCC(N)Cc1cc(F)ccc1OCC(=O)N(CC)CC. The Labute approximate surface area is 126 Å². The number of halogens is 1. The molecule has 0 bridgehead atoms. The number of likely N-dealkylation sites (N-methyl/N-ethyl adjacent to an activating group) is 1. The van der Waals surface area contributed by atoms with Gasteiger partial charge in [0.25, 0.3) is 5.91 Å². The molecule has 1 rings (SSSR count). The molecule has 0 aliphatic heterocycles. The molecule has 1 aromatic rings. The van der Waals surface area contributed by atoms with E-state index in [0.717, 1.165) is 6.42 Å². The highest BCUT2D eigenvalue weighted by Gasteiger charge is 2.13. The van der Waals surface area contributed by atoms with E-state index in [9.17, 15) is 9.18 Å². The number of ether oxygens (including phenoxy) is 1. The molecule has 1 unspecified atom stereocenters. The summed E-state index contributed by atoms with van der Waals surface area (Å²) in [5.74, 6) is 0.131. The van der Waals surface area contributed by atoms with E-state index < -0.39 is 0 Å². The Morgan fingerprint density at radius 2 is 2.00 bits per heavy atom. The monoisotopic (exact) mass is 296 g/mol. The molecular weight excluding hydrogens is 271 g/mol. The Morgan fingerprint density at radius 3 is 2.57 bits per heavy atom. The van der Waals surface area contributed by atoms with Crippen LogP contribution in [0, 0.1) is 5.82 Å². The highest BCUT2D eigenvalue weighted by Crippen LogP contribution is 2.21. The number of benzene rings is 1. The zero-order valence-corrected chi connectivity index (χ0v) is 13.1. The Kier molecular flexibility index (Phi) is 7.15. The van der Waals surface area contributed by atoms with Crippen molar-refractivity contribution in [2.24, 2.45) is 5.73 Å². The summed E-state index contributed by atoms with van der Waals surface area (Å²) in [4.78, 5) is 13.6. The molecular formula is C16H25FN2O2. The van der Waals surface area contributed by atoms with Crippen LogP contribution in [0.4, 0.5) is 4.39 Å². The molecule has 5 heteroatoms. The van der Waals surface area contributed by atoms with Gasteiger partial charge < -0.3 is 15.4 Å². The lowest BCUT2D eigenvalue weighted by Gasteiger charge is -2.20. The minimum Gasteiger partial charge on any atom is -0.483 e. The molecule has 0 saturated carbocycles. The first-order chi connectivity index (χ1) is 10.0. The molecule has 0 spiro atoms. The Bertz CT molecular complexity index is 462. The summed E-state index contributed by atoms with van der Waals surface area (Å²) in [7, 11) is 0. The minimum absolute atomic E-state index is 0.0400. The lowest BCUT2D eigenvalue weighted by Crippen LogP contribution is -2.34. The van der Waals surface area contributed by atoms with E-state index in [1.807, 2.05) is 20.8 Å². The predicted molar refractivity (Wildman–Crippen MR) is 81.8 cm³/mol. The molecule has 0 aromatic heterocycles. The number of carbonyl (C=O) groups excluding carboxylic acids is 1. The van der Waals surface area contributed by atoms with Crippen LogP contribution in [0.2, 0.25) is 0 Å². The molecule has 0 fully saturated rings. The number of hydrogen-bond acceptors (Lipinski definition) is 3. The lowest BCUT2D eigenvalue weighted by atomic mass is 10.0. The Balaban J connectivity index is 2.76. The van der Waals surface area contributed by atoms with Crippen LogP contribution in [0.3, 0.4) is 0 Å². The van der Waals surface area contributed by atoms with Crippen molar-refractivity contribution in [3.63, 3.8) is 0 Å². The summed E-state index contributed by atoms with van der Waals surface area (Å²) in [6.07, 6.45) is 1.33. The van der Waals surface area contributed by atoms with Crippen LogP contribution < -0.4 is 10.5 Å². The van der Waals surface area contributed by atoms with Gasteiger partial charge in [-0.2, -0.15) is 0 Å². The maximum absolute atomic E-state index is 13.4. The van der Waals surface area contributed by atoms with Crippen molar-refractivity contribution >= 4 is 5.91 Å². The highest BCUT2D eigenvalue weighted by atomic mass is 19.1. The first-order valence-corrected chi connectivity index (χ1v) is 7.46. The third-order valence-corrected chi connectivity index (χ3v) is 3.50. The van der Waals surface area contributed by atoms with E-state index in [0.29, 0.717) is 30.8 Å². The van der Waals surface area contributed by atoms with Crippen LogP contribution in [0.15, 0.2) is 18.2 Å². The van der Waals surface area contributed by atoms with Gasteiger partial charge in [-0.05, 0) is 50.5 Å². The second-order valence-electron chi connectivity index (χ2n) is 4.98. The fraction of sp³-hybridized carbons (Fsp3) is 0.562. The largest absolute Gasteiger partial charge is 0.483 e. The molecule has 0 saturated heterocycles. The Hall–Kier alpha value is -1.62. The van der Waals surface area contributed by atoms with Crippen molar-refractivity contribution in [1.82, 2.24) is 4.90 Å². The number of hydrogen-bond donors (Lipinski definition) is 1. The summed E-state index contributed by atoms with van der Waals surface area (Å²) in [5, 5.41) is 0. The van der Waals surface area contributed by atoms with Crippen LogP contribution in [-0.4, -0.2) is 36.5 Å². The summed E-state index contributed by atoms with van der Waals surface area (Å²) in [6, 6.07) is 4.26. The van der Waals surface area contributed by atoms with Gasteiger partial charge in [0.15, 0.2) is 6.61 Å². The molecule has 0 heterocycles. The second kappa shape index (κ2) is 8.62. The van der Waals surface area contributed by atoms with Crippen molar-refractivity contribution in [2.45, 2.75) is 39.7 Å². The summed E-state index contributed by atoms with van der Waals surface area (Å²) in [5.41, 5.74) is 6.62. The zero-order valence-electron chi connectivity index (χ0n) is 13.1. The van der Waals surface area contributed by atoms with Gasteiger partial charge in [0.05, 0.1) is 0 Å². The number of carbonyl (C=O) groups is 1. The molecule has 0 aliphatic carbocycles. The first kappa shape index (κ1) is 17.4. The molecule has 1 amide bonds. The molecule has 1 aromatic carbocycles. The van der Waals surface area contributed by atoms with Gasteiger partial charge in [-0.3, -0.25) is 4.79 Å². The zero-order chi connectivity index (χ0) is 15.8. The van der Waals surface area contributed by atoms with Crippen LogP contribution in [-0.2, 0) is 11.2 Å². The van der Waals surface area contributed by atoms with Crippen LogP contribution in [0.1, 0.15) is 32.8 Å².